The molecule has 0 spiro atoms. The van der Waals surface area contributed by atoms with Crippen LogP contribution in [0.2, 0.25) is 0 Å². The summed E-state index contributed by atoms with van der Waals surface area (Å²) in [5, 5.41) is 9.56. The zero-order valence-electron chi connectivity index (χ0n) is 12.1. The number of aromatic amines is 1. The van der Waals surface area contributed by atoms with E-state index < -0.39 is 6.04 Å². The summed E-state index contributed by atoms with van der Waals surface area (Å²) in [5.41, 5.74) is 8.72. The van der Waals surface area contributed by atoms with Crippen molar-refractivity contribution in [3.63, 3.8) is 0 Å². The molecule has 0 radical (unpaired) electrons. The first-order valence-corrected chi connectivity index (χ1v) is 6.79. The fraction of sp³-hybridized carbons (Fsp3) is 0.333. The van der Waals surface area contributed by atoms with Crippen molar-refractivity contribution in [2.45, 2.75) is 26.3 Å². The van der Waals surface area contributed by atoms with E-state index in [9.17, 15) is 9.18 Å². The van der Waals surface area contributed by atoms with Crippen LogP contribution in [0.3, 0.4) is 0 Å². The standard InChI is InChI=1S/C15H19FN4O/c1-9-13(10(2)20-19-9)14(17)15(21)18-8-7-11-5-3-4-6-12(11)16/h3-6,14H,7-8,17H2,1-2H3,(H,18,21)(H,19,20). The van der Waals surface area contributed by atoms with Crippen molar-refractivity contribution in [3.8, 4) is 0 Å². The van der Waals surface area contributed by atoms with Crippen LogP contribution in [0, 0.1) is 19.7 Å². The second kappa shape index (κ2) is 6.49. The molecule has 1 amide bonds. The van der Waals surface area contributed by atoms with Gasteiger partial charge in [0.2, 0.25) is 5.91 Å². The second-order valence-corrected chi connectivity index (χ2v) is 4.96. The van der Waals surface area contributed by atoms with E-state index in [1.54, 1.807) is 25.1 Å². The van der Waals surface area contributed by atoms with Crippen LogP contribution >= 0.6 is 0 Å². The van der Waals surface area contributed by atoms with Crippen LogP contribution in [-0.4, -0.2) is 22.6 Å². The maximum Gasteiger partial charge on any atom is 0.241 e. The Kier molecular flexibility index (Phi) is 4.70. The molecule has 1 aromatic carbocycles. The first kappa shape index (κ1) is 15.2. The molecular formula is C15H19FN4O. The normalized spacial score (nSPS) is 12.2. The van der Waals surface area contributed by atoms with E-state index in [2.05, 4.69) is 15.5 Å². The molecule has 0 aliphatic carbocycles. The third kappa shape index (κ3) is 3.46. The largest absolute Gasteiger partial charge is 0.354 e. The molecule has 1 heterocycles. The molecule has 2 aromatic rings. The average molecular weight is 290 g/mol. The van der Waals surface area contributed by atoms with Crippen molar-refractivity contribution in [2.75, 3.05) is 6.54 Å². The fourth-order valence-corrected chi connectivity index (χ4v) is 2.28. The maximum absolute atomic E-state index is 13.5. The minimum absolute atomic E-state index is 0.266. The Morgan fingerprint density at radius 1 is 1.43 bits per heavy atom. The quantitative estimate of drug-likeness (QED) is 0.780. The number of amides is 1. The number of aromatic nitrogens is 2. The summed E-state index contributed by atoms with van der Waals surface area (Å²) >= 11 is 0. The van der Waals surface area contributed by atoms with Gasteiger partial charge >= 0.3 is 0 Å². The minimum Gasteiger partial charge on any atom is -0.354 e. The number of carbonyl (C=O) groups is 1. The Balaban J connectivity index is 1.92. The number of benzene rings is 1. The minimum atomic E-state index is -0.774. The van der Waals surface area contributed by atoms with Gasteiger partial charge in [0.05, 0.1) is 5.69 Å². The third-order valence-corrected chi connectivity index (χ3v) is 3.43. The van der Waals surface area contributed by atoms with E-state index >= 15 is 0 Å². The zero-order valence-corrected chi connectivity index (χ0v) is 12.1. The highest BCUT2D eigenvalue weighted by atomic mass is 19.1. The predicted molar refractivity (Wildman–Crippen MR) is 78.1 cm³/mol. The van der Waals surface area contributed by atoms with Gasteiger partial charge in [-0.25, -0.2) is 4.39 Å². The summed E-state index contributed by atoms with van der Waals surface area (Å²) in [5.74, 6) is -0.559. The van der Waals surface area contributed by atoms with Crippen LogP contribution in [0.5, 0.6) is 0 Å². The molecule has 1 aromatic heterocycles. The summed E-state index contributed by atoms with van der Waals surface area (Å²) in [6, 6.07) is 5.74. The van der Waals surface area contributed by atoms with Crippen LogP contribution in [-0.2, 0) is 11.2 Å². The Morgan fingerprint density at radius 2 is 2.14 bits per heavy atom. The molecule has 1 atom stereocenters. The lowest BCUT2D eigenvalue weighted by Crippen LogP contribution is -2.35. The van der Waals surface area contributed by atoms with E-state index in [0.29, 0.717) is 29.8 Å². The van der Waals surface area contributed by atoms with Gasteiger partial charge in [-0.2, -0.15) is 5.10 Å². The molecule has 21 heavy (non-hydrogen) atoms. The average Bonchev–Trinajstić information content (AvgIpc) is 2.79. The van der Waals surface area contributed by atoms with Crippen molar-refractivity contribution < 1.29 is 9.18 Å². The van der Waals surface area contributed by atoms with Gasteiger partial charge in [-0.05, 0) is 31.9 Å². The molecule has 5 nitrogen and oxygen atoms in total. The van der Waals surface area contributed by atoms with E-state index in [0.717, 1.165) is 5.69 Å². The molecule has 0 bridgehead atoms. The lowest BCUT2D eigenvalue weighted by atomic mass is 10.0. The first-order valence-electron chi connectivity index (χ1n) is 6.79. The molecule has 6 heteroatoms. The van der Waals surface area contributed by atoms with Gasteiger partial charge in [0, 0.05) is 17.8 Å². The van der Waals surface area contributed by atoms with Crippen LogP contribution < -0.4 is 11.1 Å². The van der Waals surface area contributed by atoms with Crippen LogP contribution in [0.25, 0.3) is 0 Å². The Labute approximate surface area is 122 Å². The van der Waals surface area contributed by atoms with E-state index in [4.69, 9.17) is 5.73 Å². The van der Waals surface area contributed by atoms with Gasteiger partial charge in [0.25, 0.3) is 0 Å². The monoisotopic (exact) mass is 290 g/mol. The number of halogens is 1. The molecule has 0 aliphatic rings. The zero-order chi connectivity index (χ0) is 15.4. The highest BCUT2D eigenvalue weighted by Crippen LogP contribution is 2.17. The Hall–Kier alpha value is -2.21. The maximum atomic E-state index is 13.5. The third-order valence-electron chi connectivity index (χ3n) is 3.43. The summed E-state index contributed by atoms with van der Waals surface area (Å²) in [6.45, 7) is 3.95. The number of hydrogen-bond donors (Lipinski definition) is 3. The number of nitrogens with one attached hydrogen (secondary N) is 2. The van der Waals surface area contributed by atoms with Gasteiger partial charge in [-0.15, -0.1) is 0 Å². The van der Waals surface area contributed by atoms with Crippen molar-refractivity contribution in [3.05, 3.63) is 52.6 Å². The molecule has 2 rings (SSSR count). The van der Waals surface area contributed by atoms with Crippen LogP contribution in [0.4, 0.5) is 4.39 Å². The van der Waals surface area contributed by atoms with E-state index in [1.807, 2.05) is 6.92 Å². The number of nitrogens with two attached hydrogens (primary N) is 1. The molecule has 1 unspecified atom stereocenters. The lowest BCUT2D eigenvalue weighted by Gasteiger charge is -2.13. The van der Waals surface area contributed by atoms with Gasteiger partial charge in [-0.3, -0.25) is 9.89 Å². The van der Waals surface area contributed by atoms with Crippen LogP contribution in [0.15, 0.2) is 24.3 Å². The van der Waals surface area contributed by atoms with Crippen molar-refractivity contribution in [1.82, 2.24) is 15.5 Å². The van der Waals surface area contributed by atoms with Gasteiger partial charge in [0.15, 0.2) is 0 Å². The summed E-state index contributed by atoms with van der Waals surface area (Å²) < 4.78 is 13.5. The smallest absolute Gasteiger partial charge is 0.241 e. The van der Waals surface area contributed by atoms with Crippen molar-refractivity contribution in [2.24, 2.45) is 5.73 Å². The number of rotatable bonds is 5. The molecule has 0 saturated heterocycles. The Morgan fingerprint density at radius 3 is 2.76 bits per heavy atom. The fourth-order valence-electron chi connectivity index (χ4n) is 2.28. The summed E-state index contributed by atoms with van der Waals surface area (Å²) in [7, 11) is 0. The number of H-pyrrole nitrogens is 1. The highest BCUT2D eigenvalue weighted by molar-refractivity contribution is 5.83. The molecule has 0 fully saturated rings. The number of aryl methyl sites for hydroxylation is 2. The van der Waals surface area contributed by atoms with Gasteiger partial charge in [-0.1, -0.05) is 18.2 Å². The second-order valence-electron chi connectivity index (χ2n) is 4.96. The molecule has 0 aliphatic heterocycles. The Bertz CT molecular complexity index is 619. The molecule has 112 valence electrons. The number of carbonyl (C=O) groups excluding carboxylic acids is 1. The lowest BCUT2D eigenvalue weighted by molar-refractivity contribution is -0.122. The molecular weight excluding hydrogens is 271 g/mol. The number of nitrogens with zero attached hydrogens (tertiary/aromatic N) is 1. The molecule has 4 N–H and O–H groups in total. The topological polar surface area (TPSA) is 83.8 Å². The van der Waals surface area contributed by atoms with Gasteiger partial charge in [0.1, 0.15) is 11.9 Å². The number of hydrogen-bond acceptors (Lipinski definition) is 3. The SMILES string of the molecule is Cc1n[nH]c(C)c1C(N)C(=O)NCCc1ccccc1F. The van der Waals surface area contributed by atoms with Crippen molar-refractivity contribution in [1.29, 1.82) is 0 Å². The van der Waals surface area contributed by atoms with Gasteiger partial charge < -0.3 is 11.1 Å². The highest BCUT2D eigenvalue weighted by Gasteiger charge is 2.21. The van der Waals surface area contributed by atoms with Crippen LogP contribution in [0.1, 0.15) is 28.6 Å². The van der Waals surface area contributed by atoms with Crippen molar-refractivity contribution >= 4 is 5.91 Å². The molecule has 0 saturated carbocycles. The summed E-state index contributed by atoms with van der Waals surface area (Å²) in [6.07, 6.45) is 0.425. The predicted octanol–water partition coefficient (Wildman–Crippen LogP) is 1.52. The summed E-state index contributed by atoms with van der Waals surface area (Å²) in [4.78, 5) is 12.0. The van der Waals surface area contributed by atoms with E-state index in [-0.39, 0.29) is 11.7 Å². The van der Waals surface area contributed by atoms with E-state index in [1.165, 1.54) is 6.07 Å². The first-order chi connectivity index (χ1) is 10.0.